The van der Waals surface area contributed by atoms with Crippen LogP contribution in [0, 0.1) is 20.8 Å². The van der Waals surface area contributed by atoms with Crippen LogP contribution in [-0.2, 0) is 4.79 Å². The number of aliphatic carboxylic acids is 1. The normalized spacial score (nSPS) is 14.6. The summed E-state index contributed by atoms with van der Waals surface area (Å²) in [5, 5.41) is 19.1. The molecule has 7 nitrogen and oxygen atoms in total. The van der Waals surface area contributed by atoms with Crippen molar-refractivity contribution in [2.45, 2.75) is 40.2 Å². The van der Waals surface area contributed by atoms with E-state index in [1.54, 1.807) is 18.3 Å². The molecule has 0 saturated heterocycles. The van der Waals surface area contributed by atoms with Crippen LogP contribution in [-0.4, -0.2) is 37.3 Å². The lowest BCUT2D eigenvalue weighted by Crippen LogP contribution is -2.10. The number of carboxylic acid groups (broad SMARTS) is 1. The van der Waals surface area contributed by atoms with Crippen molar-refractivity contribution in [1.82, 2.24) is 14.8 Å². The number of thiophene rings is 1. The SMILES string of the molecule is CC(=O)c1cccc(-c2ccc(C3=N[C@@H](CC(=O)O)c4nnc(C)n4-c4sc(C)c(C)c43)cc2)c1. The van der Waals surface area contributed by atoms with Gasteiger partial charge in [0.25, 0.3) is 0 Å². The van der Waals surface area contributed by atoms with Crippen LogP contribution >= 0.6 is 11.3 Å². The maximum atomic E-state index is 11.8. The van der Waals surface area contributed by atoms with Gasteiger partial charge in [0.2, 0.25) is 0 Å². The first-order chi connectivity index (χ1) is 16.7. The molecule has 1 N–H and O–H groups in total. The topological polar surface area (TPSA) is 97.4 Å². The Kier molecular flexibility index (Phi) is 5.68. The second kappa shape index (κ2) is 8.70. The van der Waals surface area contributed by atoms with E-state index in [2.05, 4.69) is 24.0 Å². The number of benzene rings is 2. The number of aryl methyl sites for hydroxylation is 2. The van der Waals surface area contributed by atoms with Gasteiger partial charge < -0.3 is 5.11 Å². The number of fused-ring (bicyclic) bond motifs is 3. The summed E-state index contributed by atoms with van der Waals surface area (Å²) in [5.41, 5.74) is 6.35. The standard InChI is InChI=1S/C27H24N4O3S/c1-14-16(3)35-27-24(14)25(28-22(13-23(33)34)26-30-29-17(4)31(26)27)19-10-8-18(9-11-19)21-7-5-6-20(12-21)15(2)32/h5-12,22H,13H2,1-4H3,(H,33,34)/t22-/m0/s1. The summed E-state index contributed by atoms with van der Waals surface area (Å²) < 4.78 is 1.95. The van der Waals surface area contributed by atoms with Crippen molar-refractivity contribution in [3.63, 3.8) is 0 Å². The van der Waals surface area contributed by atoms with Crippen molar-refractivity contribution in [2.24, 2.45) is 4.99 Å². The Balaban J connectivity index is 1.66. The second-order valence-electron chi connectivity index (χ2n) is 8.71. The van der Waals surface area contributed by atoms with E-state index in [1.807, 2.05) is 60.0 Å². The Hall–Kier alpha value is -3.91. The van der Waals surface area contributed by atoms with Gasteiger partial charge in [0.15, 0.2) is 11.6 Å². The van der Waals surface area contributed by atoms with Gasteiger partial charge in [0.05, 0.1) is 12.1 Å². The quantitative estimate of drug-likeness (QED) is 0.378. The van der Waals surface area contributed by atoms with Gasteiger partial charge in [-0.25, -0.2) is 0 Å². The van der Waals surface area contributed by atoms with Crippen LogP contribution in [0.2, 0.25) is 0 Å². The van der Waals surface area contributed by atoms with Crippen molar-refractivity contribution in [3.8, 4) is 16.1 Å². The van der Waals surface area contributed by atoms with Crippen molar-refractivity contribution >= 4 is 28.8 Å². The molecule has 1 aliphatic heterocycles. The Morgan fingerprint density at radius 3 is 2.40 bits per heavy atom. The maximum absolute atomic E-state index is 11.8. The van der Waals surface area contributed by atoms with Crippen LogP contribution < -0.4 is 0 Å². The predicted octanol–water partition coefficient (Wildman–Crippen LogP) is 5.49. The first kappa shape index (κ1) is 22.9. The minimum atomic E-state index is -0.941. The maximum Gasteiger partial charge on any atom is 0.306 e. The van der Waals surface area contributed by atoms with Gasteiger partial charge in [-0.05, 0) is 50.5 Å². The fourth-order valence-electron chi connectivity index (χ4n) is 4.43. The van der Waals surface area contributed by atoms with Gasteiger partial charge in [0.1, 0.15) is 16.9 Å². The number of hydrogen-bond acceptors (Lipinski definition) is 6. The third kappa shape index (κ3) is 4.00. The molecule has 0 unspecified atom stereocenters. The van der Waals surface area contributed by atoms with E-state index in [4.69, 9.17) is 4.99 Å². The van der Waals surface area contributed by atoms with Gasteiger partial charge in [-0.2, -0.15) is 0 Å². The molecule has 0 fully saturated rings. The minimum absolute atomic E-state index is 0.0267. The molecule has 2 aromatic heterocycles. The third-order valence-electron chi connectivity index (χ3n) is 6.37. The summed E-state index contributed by atoms with van der Waals surface area (Å²) >= 11 is 1.64. The molecule has 35 heavy (non-hydrogen) atoms. The monoisotopic (exact) mass is 484 g/mol. The molecular weight excluding hydrogens is 460 g/mol. The number of hydrogen-bond donors (Lipinski definition) is 1. The largest absolute Gasteiger partial charge is 0.481 e. The zero-order valence-electron chi connectivity index (χ0n) is 19.9. The number of carboxylic acids is 1. The predicted molar refractivity (Wildman–Crippen MR) is 136 cm³/mol. The Morgan fingerprint density at radius 1 is 1.00 bits per heavy atom. The summed E-state index contributed by atoms with van der Waals surface area (Å²) in [6, 6.07) is 14.9. The molecule has 2 aromatic carbocycles. The van der Waals surface area contributed by atoms with Crippen LogP contribution in [0.15, 0.2) is 53.5 Å². The van der Waals surface area contributed by atoms with E-state index in [0.717, 1.165) is 43.4 Å². The van der Waals surface area contributed by atoms with E-state index < -0.39 is 12.0 Å². The fourth-order valence-corrected chi connectivity index (χ4v) is 5.64. The minimum Gasteiger partial charge on any atom is -0.481 e. The third-order valence-corrected chi connectivity index (χ3v) is 7.56. The van der Waals surface area contributed by atoms with Crippen LogP contribution in [0.25, 0.3) is 16.1 Å². The molecule has 0 bridgehead atoms. The molecule has 176 valence electrons. The highest BCUT2D eigenvalue weighted by molar-refractivity contribution is 7.15. The van der Waals surface area contributed by atoms with Crippen molar-refractivity contribution < 1.29 is 14.7 Å². The zero-order valence-corrected chi connectivity index (χ0v) is 20.7. The molecule has 0 radical (unpaired) electrons. The van der Waals surface area contributed by atoms with E-state index in [-0.39, 0.29) is 12.2 Å². The van der Waals surface area contributed by atoms with Gasteiger partial charge in [-0.1, -0.05) is 42.5 Å². The molecule has 0 spiro atoms. The van der Waals surface area contributed by atoms with Gasteiger partial charge in [-0.3, -0.25) is 19.1 Å². The summed E-state index contributed by atoms with van der Waals surface area (Å²) in [4.78, 5) is 29.6. The number of Topliss-reactive ketones (excluding diaryl/α,β-unsaturated/α-hetero) is 1. The number of aliphatic imine (C=N–C) groups is 1. The smallest absolute Gasteiger partial charge is 0.306 e. The first-order valence-corrected chi connectivity index (χ1v) is 12.1. The number of ketones is 1. The molecule has 0 saturated carbocycles. The lowest BCUT2D eigenvalue weighted by atomic mass is 9.96. The average Bonchev–Trinajstić information content (AvgIpc) is 3.31. The Bertz CT molecular complexity index is 1510. The van der Waals surface area contributed by atoms with Gasteiger partial charge in [-0.15, -0.1) is 21.5 Å². The Morgan fingerprint density at radius 2 is 1.71 bits per heavy atom. The lowest BCUT2D eigenvalue weighted by Gasteiger charge is -2.11. The van der Waals surface area contributed by atoms with E-state index in [9.17, 15) is 14.7 Å². The highest BCUT2D eigenvalue weighted by atomic mass is 32.1. The molecule has 8 heteroatoms. The lowest BCUT2D eigenvalue weighted by molar-refractivity contribution is -0.137. The summed E-state index contributed by atoms with van der Waals surface area (Å²) in [5.74, 6) is 0.332. The van der Waals surface area contributed by atoms with E-state index in [1.165, 1.54) is 0 Å². The zero-order chi connectivity index (χ0) is 24.9. The number of aromatic nitrogens is 3. The first-order valence-electron chi connectivity index (χ1n) is 11.3. The van der Waals surface area contributed by atoms with Crippen LogP contribution in [0.4, 0.5) is 0 Å². The summed E-state index contributed by atoms with van der Waals surface area (Å²) in [7, 11) is 0. The Labute approximate surface area is 206 Å². The fraction of sp³-hybridized carbons (Fsp3) is 0.222. The van der Waals surface area contributed by atoms with Crippen molar-refractivity contribution in [3.05, 3.63) is 87.3 Å². The van der Waals surface area contributed by atoms with Crippen LogP contribution in [0.1, 0.15) is 63.0 Å². The average molecular weight is 485 g/mol. The number of carbonyl (C=O) groups is 2. The molecule has 3 heterocycles. The highest BCUT2D eigenvalue weighted by Gasteiger charge is 2.32. The van der Waals surface area contributed by atoms with Crippen molar-refractivity contribution in [2.75, 3.05) is 0 Å². The molecule has 5 rings (SSSR count). The van der Waals surface area contributed by atoms with Crippen LogP contribution in [0.3, 0.4) is 0 Å². The van der Waals surface area contributed by atoms with Gasteiger partial charge >= 0.3 is 5.97 Å². The second-order valence-corrected chi connectivity index (χ2v) is 9.91. The summed E-state index contributed by atoms with van der Waals surface area (Å²) in [6.45, 7) is 7.58. The molecule has 0 aliphatic carbocycles. The molecule has 1 atom stereocenters. The van der Waals surface area contributed by atoms with E-state index in [0.29, 0.717) is 17.2 Å². The van der Waals surface area contributed by atoms with Gasteiger partial charge in [0, 0.05) is 21.6 Å². The van der Waals surface area contributed by atoms with Crippen molar-refractivity contribution in [1.29, 1.82) is 0 Å². The molecule has 1 aliphatic rings. The number of nitrogens with zero attached hydrogens (tertiary/aromatic N) is 4. The van der Waals surface area contributed by atoms with Crippen LogP contribution in [0.5, 0.6) is 0 Å². The molecule has 0 amide bonds. The molecule has 4 aromatic rings. The highest BCUT2D eigenvalue weighted by Crippen LogP contribution is 2.39. The summed E-state index contributed by atoms with van der Waals surface area (Å²) in [6.07, 6.45) is -0.176. The molecular formula is C27H24N4O3S. The number of rotatable bonds is 5. The number of carbonyl (C=O) groups excluding carboxylic acids is 1. The van der Waals surface area contributed by atoms with E-state index >= 15 is 0 Å².